The predicted octanol–water partition coefficient (Wildman–Crippen LogP) is 2.86. The number of thioether (sulfide) groups is 1. The number of fused-ring (bicyclic) bond motifs is 3. The van der Waals surface area contributed by atoms with Crippen molar-refractivity contribution in [2.75, 3.05) is 18.8 Å². The van der Waals surface area contributed by atoms with Gasteiger partial charge in [-0.2, -0.15) is 0 Å². The lowest BCUT2D eigenvalue weighted by Crippen LogP contribution is -2.49. The van der Waals surface area contributed by atoms with Crippen molar-refractivity contribution in [1.82, 2.24) is 20.2 Å². The van der Waals surface area contributed by atoms with E-state index in [9.17, 15) is 14.4 Å². The van der Waals surface area contributed by atoms with Gasteiger partial charge in [-0.25, -0.2) is 4.98 Å². The molecule has 1 saturated heterocycles. The zero-order valence-corrected chi connectivity index (χ0v) is 20.0. The lowest BCUT2D eigenvalue weighted by Gasteiger charge is -2.36. The first-order chi connectivity index (χ1) is 14.7. The van der Waals surface area contributed by atoms with Crippen LogP contribution in [0.5, 0.6) is 0 Å². The summed E-state index contributed by atoms with van der Waals surface area (Å²) >= 11 is 3.09. The molecule has 1 fully saturated rings. The Labute approximate surface area is 190 Å². The summed E-state index contributed by atoms with van der Waals surface area (Å²) in [5.74, 6) is 1.61. The number of thiophene rings is 1. The van der Waals surface area contributed by atoms with E-state index in [0.29, 0.717) is 30.4 Å². The van der Waals surface area contributed by atoms with Crippen molar-refractivity contribution in [3.63, 3.8) is 0 Å². The summed E-state index contributed by atoms with van der Waals surface area (Å²) in [5, 5.41) is 3.85. The molecule has 2 amide bonds. The maximum Gasteiger partial charge on any atom is 0.259 e. The number of rotatable bonds is 5. The first-order valence-electron chi connectivity index (χ1n) is 10.9. The van der Waals surface area contributed by atoms with Gasteiger partial charge >= 0.3 is 0 Å². The SMILES string of the molecule is CC(C)(C)C(=O)N1CCC(NC(=O)CSCc2nc3sc4c(c3c(=O)[nH]2)CCC4)CC1. The summed E-state index contributed by atoms with van der Waals surface area (Å²) in [5.41, 5.74) is 0.761. The molecule has 0 aromatic carbocycles. The number of nitrogens with one attached hydrogen (secondary N) is 2. The maximum absolute atomic E-state index is 12.5. The third-order valence-electron chi connectivity index (χ3n) is 5.88. The number of amides is 2. The summed E-state index contributed by atoms with van der Waals surface area (Å²) in [7, 11) is 0. The van der Waals surface area contributed by atoms with Crippen LogP contribution in [0, 0.1) is 5.41 Å². The third-order valence-corrected chi connectivity index (χ3v) is 8.01. The minimum absolute atomic E-state index is 0.0101. The van der Waals surface area contributed by atoms with Gasteiger partial charge in [0.05, 0.1) is 16.9 Å². The Morgan fingerprint density at radius 2 is 2.00 bits per heavy atom. The van der Waals surface area contributed by atoms with Crippen molar-refractivity contribution in [1.29, 1.82) is 0 Å². The minimum atomic E-state index is -0.367. The molecular formula is C22H30N4O3S2. The molecule has 31 heavy (non-hydrogen) atoms. The van der Waals surface area contributed by atoms with E-state index in [2.05, 4.69) is 15.3 Å². The van der Waals surface area contributed by atoms with Gasteiger partial charge in [-0.15, -0.1) is 23.1 Å². The van der Waals surface area contributed by atoms with Crippen LogP contribution in [0.3, 0.4) is 0 Å². The van der Waals surface area contributed by atoms with Crippen LogP contribution in [0.1, 0.15) is 56.3 Å². The largest absolute Gasteiger partial charge is 0.353 e. The quantitative estimate of drug-likeness (QED) is 0.712. The Kier molecular flexibility index (Phi) is 6.44. The van der Waals surface area contributed by atoms with Gasteiger partial charge in [0, 0.05) is 29.4 Å². The van der Waals surface area contributed by atoms with Crippen molar-refractivity contribution < 1.29 is 9.59 Å². The number of carbonyl (C=O) groups excluding carboxylic acids is 2. The normalized spacial score (nSPS) is 17.2. The highest BCUT2D eigenvalue weighted by Crippen LogP contribution is 2.34. The van der Waals surface area contributed by atoms with Crippen molar-refractivity contribution in [3.05, 3.63) is 26.6 Å². The van der Waals surface area contributed by atoms with E-state index < -0.39 is 0 Å². The van der Waals surface area contributed by atoms with E-state index in [0.717, 1.165) is 42.3 Å². The molecule has 2 aromatic heterocycles. The van der Waals surface area contributed by atoms with Crippen molar-refractivity contribution in [2.45, 2.75) is 64.7 Å². The van der Waals surface area contributed by atoms with Crippen LogP contribution in [0.15, 0.2) is 4.79 Å². The van der Waals surface area contributed by atoms with Gasteiger partial charge in [0.1, 0.15) is 10.7 Å². The van der Waals surface area contributed by atoms with Gasteiger partial charge in [-0.1, -0.05) is 20.8 Å². The first-order valence-corrected chi connectivity index (χ1v) is 12.9. The Morgan fingerprint density at radius 1 is 1.26 bits per heavy atom. The van der Waals surface area contributed by atoms with E-state index in [1.54, 1.807) is 11.3 Å². The second-order valence-electron chi connectivity index (χ2n) is 9.43. The van der Waals surface area contributed by atoms with Crippen LogP contribution in [0.2, 0.25) is 0 Å². The number of H-pyrrole nitrogens is 1. The van der Waals surface area contributed by atoms with Crippen LogP contribution in [0.4, 0.5) is 0 Å². The molecule has 168 valence electrons. The highest BCUT2D eigenvalue weighted by Gasteiger charge is 2.30. The van der Waals surface area contributed by atoms with E-state index in [1.165, 1.54) is 22.2 Å². The summed E-state index contributed by atoms with van der Waals surface area (Å²) in [6.45, 7) is 7.18. The fourth-order valence-electron chi connectivity index (χ4n) is 4.33. The van der Waals surface area contributed by atoms with Crippen molar-refractivity contribution >= 4 is 45.1 Å². The molecule has 0 saturated carbocycles. The average Bonchev–Trinajstić information content (AvgIpc) is 3.28. The molecule has 7 nitrogen and oxygen atoms in total. The Bertz CT molecular complexity index is 1050. The van der Waals surface area contributed by atoms with Gasteiger partial charge in [0.15, 0.2) is 0 Å². The molecule has 1 aliphatic heterocycles. The molecule has 0 atom stereocenters. The van der Waals surface area contributed by atoms with Crippen molar-refractivity contribution in [3.8, 4) is 0 Å². The van der Waals surface area contributed by atoms with E-state index >= 15 is 0 Å². The molecule has 0 unspecified atom stereocenters. The summed E-state index contributed by atoms with van der Waals surface area (Å²) in [4.78, 5) is 48.8. The number of carbonyl (C=O) groups is 2. The molecule has 2 N–H and O–H groups in total. The molecule has 0 spiro atoms. The molecular weight excluding hydrogens is 432 g/mol. The van der Waals surface area contributed by atoms with Gasteiger partial charge in [-0.05, 0) is 37.7 Å². The predicted molar refractivity (Wildman–Crippen MR) is 126 cm³/mol. The third kappa shape index (κ3) is 4.98. The highest BCUT2D eigenvalue weighted by molar-refractivity contribution is 7.99. The molecule has 3 heterocycles. The lowest BCUT2D eigenvalue weighted by atomic mass is 9.93. The molecule has 0 bridgehead atoms. The Balaban J connectivity index is 1.24. The maximum atomic E-state index is 12.5. The topological polar surface area (TPSA) is 95.2 Å². The van der Waals surface area contributed by atoms with E-state index in [4.69, 9.17) is 0 Å². The van der Waals surface area contributed by atoms with Crippen LogP contribution in [-0.2, 0) is 28.2 Å². The second-order valence-corrected chi connectivity index (χ2v) is 11.5. The Hall–Kier alpha value is -1.87. The molecule has 2 aromatic rings. The molecule has 4 rings (SSSR count). The summed E-state index contributed by atoms with van der Waals surface area (Å²) in [6.07, 6.45) is 4.70. The number of likely N-dealkylation sites (tertiary alicyclic amines) is 1. The smallest absolute Gasteiger partial charge is 0.259 e. The fraction of sp³-hybridized carbons (Fsp3) is 0.636. The average molecular weight is 463 g/mol. The Morgan fingerprint density at radius 3 is 2.71 bits per heavy atom. The molecule has 0 radical (unpaired) electrons. The summed E-state index contributed by atoms with van der Waals surface area (Å²) in [6, 6.07) is 0.111. The number of hydrogen-bond acceptors (Lipinski definition) is 6. The van der Waals surface area contributed by atoms with Crippen LogP contribution < -0.4 is 10.9 Å². The highest BCUT2D eigenvalue weighted by atomic mass is 32.2. The van der Waals surface area contributed by atoms with Crippen molar-refractivity contribution in [2.24, 2.45) is 5.41 Å². The number of aryl methyl sites for hydroxylation is 2. The zero-order valence-electron chi connectivity index (χ0n) is 18.4. The molecule has 2 aliphatic rings. The number of aromatic amines is 1. The zero-order chi connectivity index (χ0) is 22.2. The minimum Gasteiger partial charge on any atom is -0.353 e. The fourth-order valence-corrected chi connectivity index (χ4v) is 6.31. The summed E-state index contributed by atoms with van der Waals surface area (Å²) < 4.78 is 0. The van der Waals surface area contributed by atoms with Gasteiger partial charge in [-0.3, -0.25) is 14.4 Å². The van der Waals surface area contributed by atoms with E-state index in [1.807, 2.05) is 25.7 Å². The number of aromatic nitrogens is 2. The molecule has 1 aliphatic carbocycles. The standard InChI is InChI=1S/C22H30N4O3S2/c1-22(2,3)21(29)26-9-7-13(8-10-26)23-17(27)12-30-11-16-24-19(28)18-14-5-4-6-15(14)31-20(18)25-16/h13H,4-12H2,1-3H3,(H,23,27)(H,24,25,28). The second kappa shape index (κ2) is 8.94. The number of hydrogen-bond donors (Lipinski definition) is 2. The van der Waals surface area contributed by atoms with Crippen LogP contribution in [0.25, 0.3) is 10.2 Å². The number of nitrogens with zero attached hydrogens (tertiary/aromatic N) is 2. The van der Waals surface area contributed by atoms with Gasteiger partial charge < -0.3 is 15.2 Å². The van der Waals surface area contributed by atoms with E-state index in [-0.39, 0.29) is 28.8 Å². The lowest BCUT2D eigenvalue weighted by molar-refractivity contribution is -0.140. The first kappa shape index (κ1) is 22.3. The van der Waals surface area contributed by atoms with Gasteiger partial charge in [0.2, 0.25) is 11.8 Å². The van der Waals surface area contributed by atoms with Crippen LogP contribution >= 0.6 is 23.1 Å². The monoisotopic (exact) mass is 462 g/mol. The molecule has 9 heteroatoms. The van der Waals surface area contributed by atoms with Crippen LogP contribution in [-0.4, -0.2) is 51.6 Å². The number of piperidine rings is 1. The van der Waals surface area contributed by atoms with Gasteiger partial charge in [0.25, 0.3) is 5.56 Å².